The quantitative estimate of drug-likeness (QED) is 0.659. The minimum Gasteiger partial charge on any atom is -0.493 e. The van der Waals surface area contributed by atoms with Crippen LogP contribution in [-0.2, 0) is 0 Å². The molecule has 0 fully saturated rings. The first-order chi connectivity index (χ1) is 11.1. The number of benzene rings is 2. The van der Waals surface area contributed by atoms with Crippen LogP contribution in [0.3, 0.4) is 0 Å². The molecule has 0 aromatic heterocycles. The van der Waals surface area contributed by atoms with E-state index in [1.54, 1.807) is 24.4 Å². The van der Waals surface area contributed by atoms with Gasteiger partial charge in [0.05, 0.1) is 18.4 Å². The molecule has 0 bridgehead atoms. The molecule has 1 amide bonds. The van der Waals surface area contributed by atoms with Gasteiger partial charge in [-0.05, 0) is 36.8 Å². The summed E-state index contributed by atoms with van der Waals surface area (Å²) in [6, 6.07) is 15.0. The Labute approximate surface area is 136 Å². The van der Waals surface area contributed by atoms with Crippen molar-refractivity contribution in [2.75, 3.05) is 25.6 Å². The lowest BCUT2D eigenvalue weighted by molar-refractivity contribution is 0.0951. The smallest absolute Gasteiger partial charge is 0.275 e. The Morgan fingerprint density at radius 1 is 1.17 bits per heavy atom. The van der Waals surface area contributed by atoms with Crippen molar-refractivity contribution in [2.24, 2.45) is 5.10 Å². The molecule has 0 aliphatic heterocycles. The number of ether oxygens (including phenoxy) is 1. The number of anilines is 1. The highest BCUT2D eigenvalue weighted by atomic mass is 16.5. The molecule has 0 aliphatic carbocycles. The van der Waals surface area contributed by atoms with Crippen molar-refractivity contribution < 1.29 is 9.53 Å². The minimum atomic E-state index is -0.296. The molecule has 0 aliphatic rings. The number of nitrogens with zero attached hydrogens (tertiary/aromatic N) is 2. The third kappa shape index (κ3) is 4.57. The van der Waals surface area contributed by atoms with Crippen LogP contribution in [0, 0.1) is 0 Å². The molecule has 0 saturated heterocycles. The van der Waals surface area contributed by atoms with Gasteiger partial charge in [-0.3, -0.25) is 4.79 Å². The third-order valence-corrected chi connectivity index (χ3v) is 3.22. The molecular formula is C18H21N3O2. The molecule has 0 atom stereocenters. The van der Waals surface area contributed by atoms with Crippen LogP contribution in [0.5, 0.6) is 5.75 Å². The fourth-order valence-electron chi connectivity index (χ4n) is 2.02. The van der Waals surface area contributed by atoms with Crippen LogP contribution >= 0.6 is 0 Å². The van der Waals surface area contributed by atoms with E-state index in [1.165, 1.54) is 0 Å². The molecule has 23 heavy (non-hydrogen) atoms. The largest absolute Gasteiger partial charge is 0.493 e. The summed E-state index contributed by atoms with van der Waals surface area (Å²) in [4.78, 5) is 14.2. The molecule has 0 saturated carbocycles. The second kappa shape index (κ2) is 7.98. The SMILES string of the molecule is CCOc1ccccc1C(=O)N/N=C/c1ccc(N(C)C)cc1. The molecule has 0 heterocycles. The van der Waals surface area contributed by atoms with Crippen molar-refractivity contribution in [1.29, 1.82) is 0 Å². The maximum atomic E-state index is 12.2. The standard InChI is InChI=1S/C18H21N3O2/c1-4-23-17-8-6-5-7-16(17)18(22)20-19-13-14-9-11-15(12-10-14)21(2)3/h5-13H,4H2,1-3H3,(H,20,22)/b19-13+. The predicted molar refractivity (Wildman–Crippen MR) is 93.4 cm³/mol. The summed E-state index contributed by atoms with van der Waals surface area (Å²) >= 11 is 0. The molecule has 0 unspecified atom stereocenters. The fraction of sp³-hybridized carbons (Fsp3) is 0.222. The van der Waals surface area contributed by atoms with E-state index in [-0.39, 0.29) is 5.91 Å². The van der Waals surface area contributed by atoms with Gasteiger partial charge in [0.1, 0.15) is 5.75 Å². The molecule has 120 valence electrons. The molecule has 5 nitrogen and oxygen atoms in total. The van der Waals surface area contributed by atoms with E-state index < -0.39 is 0 Å². The summed E-state index contributed by atoms with van der Waals surface area (Å²) in [5, 5.41) is 4.00. The van der Waals surface area contributed by atoms with Crippen LogP contribution < -0.4 is 15.1 Å². The highest BCUT2D eigenvalue weighted by Crippen LogP contribution is 2.17. The van der Waals surface area contributed by atoms with Gasteiger partial charge in [0.2, 0.25) is 0 Å². The summed E-state index contributed by atoms with van der Waals surface area (Å²) in [5.41, 5.74) is 5.01. The Kier molecular flexibility index (Phi) is 5.74. The van der Waals surface area contributed by atoms with Gasteiger partial charge in [0.15, 0.2) is 0 Å². The van der Waals surface area contributed by atoms with Crippen molar-refractivity contribution in [2.45, 2.75) is 6.92 Å². The highest BCUT2D eigenvalue weighted by Gasteiger charge is 2.10. The predicted octanol–water partition coefficient (Wildman–Crippen LogP) is 2.92. The van der Waals surface area contributed by atoms with Crippen molar-refractivity contribution in [3.8, 4) is 5.75 Å². The zero-order valence-corrected chi connectivity index (χ0v) is 13.6. The summed E-state index contributed by atoms with van der Waals surface area (Å²) in [6.07, 6.45) is 1.61. The molecule has 0 radical (unpaired) electrons. The van der Waals surface area contributed by atoms with Gasteiger partial charge in [-0.1, -0.05) is 24.3 Å². The molecule has 5 heteroatoms. The van der Waals surface area contributed by atoms with E-state index in [9.17, 15) is 4.79 Å². The number of hydrazone groups is 1. The van der Waals surface area contributed by atoms with Crippen molar-refractivity contribution in [3.05, 3.63) is 59.7 Å². The maximum Gasteiger partial charge on any atom is 0.275 e. The number of carbonyl (C=O) groups is 1. The van der Waals surface area contributed by atoms with E-state index in [4.69, 9.17) is 4.74 Å². The van der Waals surface area contributed by atoms with Gasteiger partial charge < -0.3 is 9.64 Å². The van der Waals surface area contributed by atoms with Crippen LogP contribution in [0.2, 0.25) is 0 Å². The van der Waals surface area contributed by atoms with Gasteiger partial charge in [-0.15, -0.1) is 0 Å². The van der Waals surface area contributed by atoms with E-state index in [1.807, 2.05) is 56.3 Å². The maximum absolute atomic E-state index is 12.2. The summed E-state index contributed by atoms with van der Waals surface area (Å²) in [5.74, 6) is 0.258. The van der Waals surface area contributed by atoms with Crippen molar-refractivity contribution in [1.82, 2.24) is 5.43 Å². The van der Waals surface area contributed by atoms with Gasteiger partial charge in [-0.25, -0.2) is 5.43 Å². The van der Waals surface area contributed by atoms with E-state index >= 15 is 0 Å². The van der Waals surface area contributed by atoms with Crippen LogP contribution in [-0.4, -0.2) is 32.8 Å². The average Bonchev–Trinajstić information content (AvgIpc) is 2.56. The van der Waals surface area contributed by atoms with Crippen LogP contribution in [0.1, 0.15) is 22.8 Å². The van der Waals surface area contributed by atoms with E-state index in [2.05, 4.69) is 10.5 Å². The fourth-order valence-corrected chi connectivity index (χ4v) is 2.02. The second-order valence-corrected chi connectivity index (χ2v) is 5.11. The Morgan fingerprint density at radius 2 is 1.87 bits per heavy atom. The zero-order chi connectivity index (χ0) is 16.7. The second-order valence-electron chi connectivity index (χ2n) is 5.11. The molecular weight excluding hydrogens is 290 g/mol. The van der Waals surface area contributed by atoms with Gasteiger partial charge in [0.25, 0.3) is 5.91 Å². The third-order valence-electron chi connectivity index (χ3n) is 3.22. The summed E-state index contributed by atoms with van der Waals surface area (Å²) in [7, 11) is 3.97. The highest BCUT2D eigenvalue weighted by molar-refractivity contribution is 5.97. The van der Waals surface area contributed by atoms with E-state index in [0.29, 0.717) is 17.9 Å². The minimum absolute atomic E-state index is 0.296. The topological polar surface area (TPSA) is 53.9 Å². The van der Waals surface area contributed by atoms with Crippen LogP contribution in [0.15, 0.2) is 53.6 Å². The van der Waals surface area contributed by atoms with Crippen LogP contribution in [0.4, 0.5) is 5.69 Å². The molecule has 0 spiro atoms. The number of nitrogens with one attached hydrogen (secondary N) is 1. The van der Waals surface area contributed by atoms with Crippen molar-refractivity contribution >= 4 is 17.8 Å². The zero-order valence-electron chi connectivity index (χ0n) is 13.6. The Balaban J connectivity index is 2.01. The Bertz CT molecular complexity index is 679. The Hall–Kier alpha value is -2.82. The first kappa shape index (κ1) is 16.5. The lowest BCUT2D eigenvalue weighted by Crippen LogP contribution is -2.18. The lowest BCUT2D eigenvalue weighted by Gasteiger charge is -2.11. The summed E-state index contributed by atoms with van der Waals surface area (Å²) < 4.78 is 5.44. The first-order valence-electron chi connectivity index (χ1n) is 7.44. The van der Waals surface area contributed by atoms with Gasteiger partial charge in [0, 0.05) is 19.8 Å². The monoisotopic (exact) mass is 311 g/mol. The summed E-state index contributed by atoms with van der Waals surface area (Å²) in [6.45, 7) is 2.38. The lowest BCUT2D eigenvalue weighted by atomic mass is 10.2. The van der Waals surface area contributed by atoms with Gasteiger partial charge in [-0.2, -0.15) is 5.10 Å². The van der Waals surface area contributed by atoms with Crippen molar-refractivity contribution in [3.63, 3.8) is 0 Å². The molecule has 2 aromatic rings. The molecule has 1 N–H and O–H groups in total. The number of hydrogen-bond donors (Lipinski definition) is 1. The first-order valence-corrected chi connectivity index (χ1v) is 7.44. The molecule has 2 aromatic carbocycles. The number of rotatable bonds is 6. The average molecular weight is 311 g/mol. The number of carbonyl (C=O) groups excluding carboxylic acids is 1. The number of hydrogen-bond acceptors (Lipinski definition) is 4. The normalized spacial score (nSPS) is 10.6. The van der Waals surface area contributed by atoms with Crippen LogP contribution in [0.25, 0.3) is 0 Å². The van der Waals surface area contributed by atoms with E-state index in [0.717, 1.165) is 11.3 Å². The number of para-hydroxylation sites is 1. The van der Waals surface area contributed by atoms with Gasteiger partial charge >= 0.3 is 0 Å². The molecule has 2 rings (SSSR count). The number of amides is 1. The Morgan fingerprint density at radius 3 is 2.52 bits per heavy atom.